The van der Waals surface area contributed by atoms with Gasteiger partial charge in [-0.3, -0.25) is 0 Å². The number of hydrogen-bond acceptors (Lipinski definition) is 2. The number of alkyl halides is 3. The molecule has 0 saturated heterocycles. The molecule has 0 aliphatic rings. The van der Waals surface area contributed by atoms with Crippen molar-refractivity contribution in [3.05, 3.63) is 36.4 Å². The first-order valence-electron chi connectivity index (χ1n) is 4.16. The number of nitrogens with two attached hydrogens (primary N) is 1. The van der Waals surface area contributed by atoms with Crippen molar-refractivity contribution in [2.75, 3.05) is 6.54 Å². The average Bonchev–Trinajstić information content (AvgIpc) is 2.15. The molecule has 1 nitrogen and oxygen atoms in total. The van der Waals surface area contributed by atoms with Crippen LogP contribution < -0.4 is 5.73 Å². The molecule has 15 heavy (non-hydrogen) atoms. The van der Waals surface area contributed by atoms with E-state index in [1.807, 2.05) is 0 Å². The van der Waals surface area contributed by atoms with Gasteiger partial charge in [0.05, 0.1) is 0 Å². The van der Waals surface area contributed by atoms with Crippen LogP contribution in [0.15, 0.2) is 35.7 Å². The van der Waals surface area contributed by atoms with Gasteiger partial charge < -0.3 is 5.73 Å². The minimum atomic E-state index is -4.24. The van der Waals surface area contributed by atoms with Gasteiger partial charge in [-0.15, -0.1) is 0 Å². The maximum absolute atomic E-state index is 12.0. The van der Waals surface area contributed by atoms with Crippen LogP contribution in [0.3, 0.4) is 0 Å². The van der Waals surface area contributed by atoms with Crippen molar-refractivity contribution >= 4 is 17.3 Å². The molecule has 1 aromatic carbocycles. The molecule has 0 atom stereocenters. The summed E-state index contributed by atoms with van der Waals surface area (Å²) >= 11 is -0.132. The predicted molar refractivity (Wildman–Crippen MR) is 56.4 cm³/mol. The fourth-order valence-electron chi connectivity index (χ4n) is 1.01. The third-order valence-electron chi connectivity index (χ3n) is 1.74. The van der Waals surface area contributed by atoms with Crippen molar-refractivity contribution in [1.82, 2.24) is 0 Å². The molecule has 0 spiro atoms. The van der Waals surface area contributed by atoms with E-state index in [0.717, 1.165) is 5.56 Å². The van der Waals surface area contributed by atoms with E-state index in [4.69, 9.17) is 5.73 Å². The summed E-state index contributed by atoms with van der Waals surface area (Å²) in [5.74, 6) is 0. The summed E-state index contributed by atoms with van der Waals surface area (Å²) in [6, 6.07) is 6.00. The lowest BCUT2D eigenvalue weighted by molar-refractivity contribution is -0.0328. The van der Waals surface area contributed by atoms with Crippen molar-refractivity contribution in [3.63, 3.8) is 0 Å². The van der Waals surface area contributed by atoms with E-state index in [9.17, 15) is 13.2 Å². The Balaban J connectivity index is 2.77. The molecule has 82 valence electrons. The van der Waals surface area contributed by atoms with Crippen LogP contribution in [0.2, 0.25) is 0 Å². The Kier molecular flexibility index (Phi) is 3.82. The summed E-state index contributed by atoms with van der Waals surface area (Å²) in [5, 5.41) is 0. The fraction of sp³-hybridized carbons (Fsp3) is 0.200. The lowest BCUT2D eigenvalue weighted by atomic mass is 10.1. The van der Waals surface area contributed by atoms with Crippen molar-refractivity contribution in [2.45, 2.75) is 10.4 Å². The van der Waals surface area contributed by atoms with Crippen molar-refractivity contribution in [2.24, 2.45) is 5.73 Å². The Morgan fingerprint density at radius 1 is 1.27 bits per heavy atom. The maximum atomic E-state index is 12.0. The number of benzene rings is 1. The summed E-state index contributed by atoms with van der Waals surface area (Å²) in [4.78, 5) is 0.163. The third kappa shape index (κ3) is 3.97. The third-order valence-corrected chi connectivity index (χ3v) is 2.48. The predicted octanol–water partition coefficient (Wildman–Crippen LogP) is 3.27. The minimum absolute atomic E-state index is 0.132. The molecule has 0 saturated carbocycles. The van der Waals surface area contributed by atoms with Crippen LogP contribution in [0.1, 0.15) is 5.56 Å². The van der Waals surface area contributed by atoms with Crippen LogP contribution in [0.25, 0.3) is 5.57 Å². The van der Waals surface area contributed by atoms with Gasteiger partial charge in [0.1, 0.15) is 0 Å². The first kappa shape index (κ1) is 12.1. The second-order valence-electron chi connectivity index (χ2n) is 2.88. The van der Waals surface area contributed by atoms with E-state index >= 15 is 0 Å². The molecule has 0 amide bonds. The second-order valence-corrected chi connectivity index (χ2v) is 4.02. The Morgan fingerprint density at radius 3 is 2.20 bits per heavy atom. The Labute approximate surface area is 90.2 Å². The van der Waals surface area contributed by atoms with Gasteiger partial charge in [0.2, 0.25) is 0 Å². The van der Waals surface area contributed by atoms with Crippen LogP contribution in [0.5, 0.6) is 0 Å². The van der Waals surface area contributed by atoms with Gasteiger partial charge in [-0.25, -0.2) is 0 Å². The van der Waals surface area contributed by atoms with Gasteiger partial charge in [0, 0.05) is 11.4 Å². The monoisotopic (exact) mass is 233 g/mol. The van der Waals surface area contributed by atoms with Crippen LogP contribution in [0, 0.1) is 0 Å². The highest BCUT2D eigenvalue weighted by Gasteiger charge is 2.28. The highest BCUT2D eigenvalue weighted by atomic mass is 32.2. The highest BCUT2D eigenvalue weighted by Crippen LogP contribution is 2.36. The van der Waals surface area contributed by atoms with E-state index in [0.29, 0.717) is 12.1 Å². The molecule has 1 aromatic rings. The van der Waals surface area contributed by atoms with Gasteiger partial charge in [-0.2, -0.15) is 13.2 Å². The van der Waals surface area contributed by atoms with Crippen molar-refractivity contribution < 1.29 is 13.2 Å². The highest BCUT2D eigenvalue weighted by molar-refractivity contribution is 8.00. The van der Waals surface area contributed by atoms with Gasteiger partial charge in [-0.1, -0.05) is 18.7 Å². The molecule has 0 aromatic heterocycles. The molecule has 5 heteroatoms. The zero-order valence-corrected chi connectivity index (χ0v) is 8.66. The second kappa shape index (κ2) is 4.72. The van der Waals surface area contributed by atoms with E-state index in [1.165, 1.54) is 12.1 Å². The Bertz CT molecular complexity index is 343. The average molecular weight is 233 g/mol. The molecular formula is C10H10F3NS. The van der Waals surface area contributed by atoms with E-state index in [-0.39, 0.29) is 16.7 Å². The minimum Gasteiger partial charge on any atom is -0.326 e. The lowest BCUT2D eigenvalue weighted by Gasteiger charge is -2.07. The molecule has 1 rings (SSSR count). The van der Waals surface area contributed by atoms with Crippen molar-refractivity contribution in [1.29, 1.82) is 0 Å². The molecule has 0 aliphatic heterocycles. The zero-order valence-electron chi connectivity index (χ0n) is 7.84. The number of rotatable bonds is 3. The first-order valence-corrected chi connectivity index (χ1v) is 4.98. The standard InChI is InChI=1S/C10H10F3NS/c1-7(6-14)8-2-4-9(5-3-8)15-10(11,12)13/h2-5H,1,6,14H2. The molecule has 0 heterocycles. The molecule has 0 bridgehead atoms. The van der Waals surface area contributed by atoms with Crippen LogP contribution >= 0.6 is 11.8 Å². The quantitative estimate of drug-likeness (QED) is 0.811. The molecule has 0 fully saturated rings. The van der Waals surface area contributed by atoms with Crippen LogP contribution in [0.4, 0.5) is 13.2 Å². The topological polar surface area (TPSA) is 26.0 Å². The van der Waals surface area contributed by atoms with Crippen LogP contribution in [-0.4, -0.2) is 12.1 Å². The smallest absolute Gasteiger partial charge is 0.326 e. The van der Waals surface area contributed by atoms with Gasteiger partial charge in [0.25, 0.3) is 0 Å². The molecule has 0 radical (unpaired) electrons. The summed E-state index contributed by atoms with van der Waals surface area (Å²) in [6.45, 7) is 3.99. The maximum Gasteiger partial charge on any atom is 0.446 e. The fourth-order valence-corrected chi connectivity index (χ4v) is 1.55. The number of thioether (sulfide) groups is 1. The molecule has 0 aliphatic carbocycles. The summed E-state index contributed by atoms with van der Waals surface area (Å²) in [5.41, 5.74) is 2.59. The molecule has 0 unspecified atom stereocenters. The van der Waals surface area contributed by atoms with E-state index in [1.54, 1.807) is 12.1 Å². The SMILES string of the molecule is C=C(CN)c1ccc(SC(F)(F)F)cc1. The van der Waals surface area contributed by atoms with Gasteiger partial charge in [-0.05, 0) is 35.0 Å². The zero-order chi connectivity index (χ0) is 11.5. The van der Waals surface area contributed by atoms with E-state index in [2.05, 4.69) is 6.58 Å². The largest absolute Gasteiger partial charge is 0.446 e. The van der Waals surface area contributed by atoms with Crippen LogP contribution in [-0.2, 0) is 0 Å². The Morgan fingerprint density at radius 2 is 1.80 bits per heavy atom. The van der Waals surface area contributed by atoms with E-state index < -0.39 is 5.51 Å². The summed E-state index contributed by atoms with van der Waals surface area (Å²) in [7, 11) is 0. The number of halogens is 3. The van der Waals surface area contributed by atoms with Gasteiger partial charge >= 0.3 is 5.51 Å². The molecule has 2 N–H and O–H groups in total. The lowest BCUT2D eigenvalue weighted by Crippen LogP contribution is -2.01. The first-order chi connectivity index (χ1) is 6.92. The summed E-state index contributed by atoms with van der Waals surface area (Å²) < 4.78 is 36.0. The Hall–Kier alpha value is -0.940. The van der Waals surface area contributed by atoms with Gasteiger partial charge in [0.15, 0.2) is 0 Å². The molecular weight excluding hydrogens is 223 g/mol. The van der Waals surface area contributed by atoms with Crippen molar-refractivity contribution in [3.8, 4) is 0 Å². The summed E-state index contributed by atoms with van der Waals surface area (Å²) in [6.07, 6.45) is 0. The number of hydrogen-bond donors (Lipinski definition) is 1. The normalized spacial score (nSPS) is 11.5.